The van der Waals surface area contributed by atoms with E-state index in [1.807, 2.05) is 13.0 Å². The topological polar surface area (TPSA) is 114 Å². The van der Waals surface area contributed by atoms with Crippen molar-refractivity contribution in [3.05, 3.63) is 28.1 Å². The van der Waals surface area contributed by atoms with Crippen molar-refractivity contribution >= 4 is 39.1 Å². The molecule has 2 N–H and O–H groups in total. The van der Waals surface area contributed by atoms with Crippen LogP contribution >= 0.6 is 11.3 Å². The zero-order chi connectivity index (χ0) is 20.1. The van der Waals surface area contributed by atoms with Gasteiger partial charge in [0.05, 0.1) is 7.11 Å². The molecule has 1 aliphatic heterocycles. The maximum absolute atomic E-state index is 12.5. The number of methoxy groups -OCH3 is 1. The van der Waals surface area contributed by atoms with E-state index in [1.165, 1.54) is 13.2 Å². The van der Waals surface area contributed by atoms with E-state index in [9.17, 15) is 13.2 Å². The van der Waals surface area contributed by atoms with E-state index in [2.05, 4.69) is 29.6 Å². The molecule has 2 aromatic rings. The first-order valence-electron chi connectivity index (χ1n) is 8.90. The lowest BCUT2D eigenvalue weighted by molar-refractivity contribution is 0.0602. The predicted octanol–water partition coefficient (Wildman–Crippen LogP) is 1.62. The third-order valence-corrected chi connectivity index (χ3v) is 6.79. The van der Waals surface area contributed by atoms with Crippen molar-refractivity contribution in [2.24, 2.45) is 0 Å². The fourth-order valence-corrected chi connectivity index (χ4v) is 5.29. The summed E-state index contributed by atoms with van der Waals surface area (Å²) in [6.07, 6.45) is 2.31. The van der Waals surface area contributed by atoms with Crippen molar-refractivity contribution in [2.45, 2.75) is 24.7 Å². The van der Waals surface area contributed by atoms with Gasteiger partial charge in [0.2, 0.25) is 16.0 Å². The van der Waals surface area contributed by atoms with Gasteiger partial charge in [-0.25, -0.2) is 22.9 Å². The first-order chi connectivity index (χ1) is 13.4. The highest BCUT2D eigenvalue weighted by Crippen LogP contribution is 2.22. The summed E-state index contributed by atoms with van der Waals surface area (Å²) in [6, 6.07) is 3.34. The van der Waals surface area contributed by atoms with Crippen LogP contribution in [0, 0.1) is 6.92 Å². The molecule has 0 amide bonds. The van der Waals surface area contributed by atoms with E-state index in [4.69, 9.17) is 0 Å². The Morgan fingerprint density at radius 1 is 1.29 bits per heavy atom. The Balaban J connectivity index is 1.58. The molecule has 0 bridgehead atoms. The van der Waals surface area contributed by atoms with Gasteiger partial charge in [0.15, 0.2) is 0 Å². The quantitative estimate of drug-likeness (QED) is 0.485. The Bertz CT molecular complexity index is 939. The average molecular weight is 426 g/mol. The van der Waals surface area contributed by atoms with E-state index in [0.29, 0.717) is 12.5 Å². The maximum atomic E-state index is 12.5. The van der Waals surface area contributed by atoms with Crippen LogP contribution in [0.3, 0.4) is 0 Å². The summed E-state index contributed by atoms with van der Waals surface area (Å²) in [7, 11) is -2.60. The van der Waals surface area contributed by atoms with Crippen LogP contribution in [0.15, 0.2) is 22.4 Å². The van der Waals surface area contributed by atoms with Gasteiger partial charge in [0.25, 0.3) is 0 Å². The van der Waals surface area contributed by atoms with Gasteiger partial charge >= 0.3 is 5.97 Å². The number of ether oxygens (including phenoxy) is 1. The number of hydrogen-bond donors (Lipinski definition) is 2. The fraction of sp³-hybridized carbons (Fsp3) is 0.471. The van der Waals surface area contributed by atoms with E-state index < -0.39 is 16.0 Å². The Labute approximate surface area is 168 Å². The Hall–Kier alpha value is -2.24. The van der Waals surface area contributed by atoms with Gasteiger partial charge in [0, 0.05) is 37.9 Å². The second kappa shape index (κ2) is 8.84. The molecule has 0 saturated carbocycles. The number of carbonyl (C=O) groups is 1. The Kier molecular flexibility index (Phi) is 6.47. The van der Waals surface area contributed by atoms with Crippen LogP contribution < -0.4 is 14.9 Å². The largest absolute Gasteiger partial charge is 0.465 e. The number of carbonyl (C=O) groups excluding carboxylic acids is 1. The van der Waals surface area contributed by atoms with Crippen LogP contribution in [-0.4, -0.2) is 57.6 Å². The molecule has 2 aromatic heterocycles. The number of aromatic nitrogens is 2. The summed E-state index contributed by atoms with van der Waals surface area (Å²) in [6.45, 7) is 4.30. The van der Waals surface area contributed by atoms with Crippen LogP contribution in [0.25, 0.3) is 0 Å². The highest BCUT2D eigenvalue weighted by Gasteiger charge is 2.24. The molecule has 11 heteroatoms. The first-order valence-corrected chi connectivity index (χ1v) is 11.3. The summed E-state index contributed by atoms with van der Waals surface area (Å²) < 4.78 is 32.0. The van der Waals surface area contributed by atoms with E-state index >= 15 is 0 Å². The standard InChI is InChI=1S/C17H23N5O4S2/c1-12-11-14(22-8-3-4-9-22)21-17(20-12)18-6-7-19-28(24,25)13-5-10-27-15(13)16(23)26-2/h5,10-11,19H,3-4,6-9H2,1-2H3,(H,18,20,21). The number of thiophene rings is 1. The van der Waals surface area contributed by atoms with E-state index in [-0.39, 0.29) is 16.3 Å². The van der Waals surface area contributed by atoms with Gasteiger partial charge in [-0.15, -0.1) is 11.3 Å². The van der Waals surface area contributed by atoms with Crippen molar-refractivity contribution in [1.29, 1.82) is 0 Å². The molecule has 152 valence electrons. The summed E-state index contributed by atoms with van der Waals surface area (Å²) in [5, 5.41) is 4.59. The number of nitrogens with zero attached hydrogens (tertiary/aromatic N) is 3. The van der Waals surface area contributed by atoms with Gasteiger partial charge in [-0.05, 0) is 31.2 Å². The first kappa shape index (κ1) is 20.5. The van der Waals surface area contributed by atoms with Gasteiger partial charge in [-0.2, -0.15) is 4.98 Å². The van der Waals surface area contributed by atoms with Crippen molar-refractivity contribution < 1.29 is 17.9 Å². The SMILES string of the molecule is COC(=O)c1sccc1S(=O)(=O)NCCNc1nc(C)cc(N2CCCC2)n1. The molecule has 28 heavy (non-hydrogen) atoms. The molecule has 1 aliphatic rings. The van der Waals surface area contributed by atoms with Gasteiger partial charge < -0.3 is 15.0 Å². The molecule has 0 aliphatic carbocycles. The molecule has 1 saturated heterocycles. The summed E-state index contributed by atoms with van der Waals surface area (Å²) in [5.41, 5.74) is 0.848. The van der Waals surface area contributed by atoms with Crippen molar-refractivity contribution in [2.75, 3.05) is 43.5 Å². The zero-order valence-electron chi connectivity index (χ0n) is 15.8. The minimum atomic E-state index is -3.82. The highest BCUT2D eigenvalue weighted by molar-refractivity contribution is 7.89. The normalized spacial score (nSPS) is 14.3. The summed E-state index contributed by atoms with van der Waals surface area (Å²) >= 11 is 1.03. The molecule has 3 rings (SSSR count). The lowest BCUT2D eigenvalue weighted by atomic mass is 10.4. The molecule has 0 unspecified atom stereocenters. The average Bonchev–Trinajstić information content (AvgIpc) is 3.36. The highest BCUT2D eigenvalue weighted by atomic mass is 32.2. The minimum Gasteiger partial charge on any atom is -0.465 e. The number of rotatable bonds is 8. The number of sulfonamides is 1. The van der Waals surface area contributed by atoms with E-state index in [0.717, 1.165) is 48.8 Å². The number of aryl methyl sites for hydroxylation is 1. The van der Waals surface area contributed by atoms with Gasteiger partial charge in [0.1, 0.15) is 15.6 Å². The number of hydrogen-bond acceptors (Lipinski definition) is 9. The van der Waals surface area contributed by atoms with Gasteiger partial charge in [-0.3, -0.25) is 0 Å². The second-order valence-corrected chi connectivity index (χ2v) is 8.97. The Morgan fingerprint density at radius 2 is 2.04 bits per heavy atom. The summed E-state index contributed by atoms with van der Waals surface area (Å²) in [5.74, 6) is 0.678. The molecular weight excluding hydrogens is 402 g/mol. The minimum absolute atomic E-state index is 0.0558. The maximum Gasteiger partial charge on any atom is 0.349 e. The van der Waals surface area contributed by atoms with Crippen LogP contribution in [0.1, 0.15) is 28.2 Å². The number of anilines is 2. The third-order valence-electron chi connectivity index (χ3n) is 4.26. The molecule has 0 atom stereocenters. The van der Waals surface area contributed by atoms with Gasteiger partial charge in [-0.1, -0.05) is 0 Å². The van der Waals surface area contributed by atoms with Crippen LogP contribution in [0.2, 0.25) is 0 Å². The molecule has 0 spiro atoms. The third kappa shape index (κ3) is 4.78. The Morgan fingerprint density at radius 3 is 2.75 bits per heavy atom. The number of nitrogens with one attached hydrogen (secondary N) is 2. The lowest BCUT2D eigenvalue weighted by Crippen LogP contribution is -2.30. The molecule has 3 heterocycles. The second-order valence-electron chi connectivity index (χ2n) is 6.32. The van der Waals surface area contributed by atoms with Crippen molar-refractivity contribution in [3.63, 3.8) is 0 Å². The molecular formula is C17H23N5O4S2. The predicted molar refractivity (Wildman–Crippen MR) is 108 cm³/mol. The molecule has 1 fully saturated rings. The number of esters is 1. The smallest absolute Gasteiger partial charge is 0.349 e. The fourth-order valence-electron chi connectivity index (χ4n) is 2.93. The lowest BCUT2D eigenvalue weighted by Gasteiger charge is -2.17. The summed E-state index contributed by atoms with van der Waals surface area (Å²) in [4.78, 5) is 22.8. The van der Waals surface area contributed by atoms with E-state index in [1.54, 1.807) is 5.38 Å². The van der Waals surface area contributed by atoms with Crippen molar-refractivity contribution in [1.82, 2.24) is 14.7 Å². The monoisotopic (exact) mass is 425 g/mol. The van der Waals surface area contributed by atoms with Crippen LogP contribution in [0.5, 0.6) is 0 Å². The molecule has 0 aromatic carbocycles. The van der Waals surface area contributed by atoms with Crippen LogP contribution in [0.4, 0.5) is 11.8 Å². The van der Waals surface area contributed by atoms with Crippen molar-refractivity contribution in [3.8, 4) is 0 Å². The molecule has 9 nitrogen and oxygen atoms in total. The van der Waals surface area contributed by atoms with Crippen LogP contribution in [-0.2, 0) is 14.8 Å². The zero-order valence-corrected chi connectivity index (χ0v) is 17.4. The molecule has 0 radical (unpaired) electrons.